The molecule has 0 spiro atoms. The van der Waals surface area contributed by atoms with E-state index in [0.29, 0.717) is 23.8 Å². The molecule has 0 saturated heterocycles. The minimum absolute atomic E-state index is 0.0701. The molecule has 1 aromatic heterocycles. The van der Waals surface area contributed by atoms with Crippen LogP contribution in [0.15, 0.2) is 5.16 Å². The predicted molar refractivity (Wildman–Crippen MR) is 64.1 cm³/mol. The Balaban J connectivity index is 2.33. The van der Waals surface area contributed by atoms with Crippen molar-refractivity contribution >= 4 is 23.6 Å². The van der Waals surface area contributed by atoms with Gasteiger partial charge in [0.1, 0.15) is 6.54 Å². The molecule has 18 heavy (non-hydrogen) atoms. The van der Waals surface area contributed by atoms with E-state index in [0.717, 1.165) is 0 Å². The minimum Gasteiger partial charge on any atom is -0.480 e. The normalized spacial score (nSPS) is 10.3. The van der Waals surface area contributed by atoms with Crippen molar-refractivity contribution < 1.29 is 14.7 Å². The molecular weight excluding hydrogens is 258 g/mol. The van der Waals surface area contributed by atoms with Gasteiger partial charge in [-0.3, -0.25) is 9.59 Å². The molecule has 1 aromatic rings. The van der Waals surface area contributed by atoms with Crippen LogP contribution in [-0.4, -0.2) is 61.9 Å². The Morgan fingerprint density at radius 2 is 2.17 bits per heavy atom. The lowest BCUT2D eigenvalue weighted by molar-refractivity contribution is -0.138. The van der Waals surface area contributed by atoms with Crippen LogP contribution < -0.4 is 0 Å². The van der Waals surface area contributed by atoms with E-state index in [1.54, 1.807) is 19.0 Å². The lowest BCUT2D eigenvalue weighted by Crippen LogP contribution is -2.21. The molecule has 1 amide bonds. The molecule has 0 radical (unpaired) electrons. The number of carbonyl (C=O) groups excluding carboxylic acids is 1. The van der Waals surface area contributed by atoms with Crippen molar-refractivity contribution in [1.29, 1.82) is 0 Å². The van der Waals surface area contributed by atoms with Gasteiger partial charge in [0.2, 0.25) is 11.1 Å². The largest absolute Gasteiger partial charge is 0.480 e. The highest BCUT2D eigenvalue weighted by Crippen LogP contribution is 2.15. The second-order valence-electron chi connectivity index (χ2n) is 3.75. The highest BCUT2D eigenvalue weighted by Gasteiger charge is 2.10. The van der Waals surface area contributed by atoms with Crippen LogP contribution in [0.3, 0.4) is 0 Å². The summed E-state index contributed by atoms with van der Waals surface area (Å²) in [6, 6.07) is 0. The molecular formula is C9H15N5O3S. The molecule has 0 unspecified atom stereocenters. The van der Waals surface area contributed by atoms with Gasteiger partial charge >= 0.3 is 5.97 Å². The number of aliphatic carboxylic acids is 1. The van der Waals surface area contributed by atoms with Crippen LogP contribution in [0.2, 0.25) is 0 Å². The summed E-state index contributed by atoms with van der Waals surface area (Å²) < 4.78 is 1.22. The van der Waals surface area contributed by atoms with Gasteiger partial charge in [0.25, 0.3) is 0 Å². The van der Waals surface area contributed by atoms with Crippen LogP contribution in [0.1, 0.15) is 12.8 Å². The zero-order valence-corrected chi connectivity index (χ0v) is 11.1. The van der Waals surface area contributed by atoms with Gasteiger partial charge < -0.3 is 10.0 Å². The van der Waals surface area contributed by atoms with E-state index in [-0.39, 0.29) is 12.5 Å². The van der Waals surface area contributed by atoms with Gasteiger partial charge in [-0.25, -0.2) is 4.68 Å². The highest BCUT2D eigenvalue weighted by atomic mass is 32.2. The average molecular weight is 273 g/mol. The maximum Gasteiger partial charge on any atom is 0.325 e. The van der Waals surface area contributed by atoms with Crippen molar-refractivity contribution in [3.05, 3.63) is 0 Å². The van der Waals surface area contributed by atoms with Crippen LogP contribution in [0.5, 0.6) is 0 Å². The first-order chi connectivity index (χ1) is 8.50. The number of tetrazole rings is 1. The maximum absolute atomic E-state index is 11.3. The van der Waals surface area contributed by atoms with E-state index in [2.05, 4.69) is 15.5 Å². The summed E-state index contributed by atoms with van der Waals surface area (Å²) in [5.41, 5.74) is 0. The summed E-state index contributed by atoms with van der Waals surface area (Å²) >= 11 is 1.34. The van der Waals surface area contributed by atoms with Crippen LogP contribution in [0.25, 0.3) is 0 Å². The Morgan fingerprint density at radius 3 is 2.78 bits per heavy atom. The van der Waals surface area contributed by atoms with Crippen molar-refractivity contribution in [2.24, 2.45) is 0 Å². The average Bonchev–Trinajstić information content (AvgIpc) is 2.70. The lowest BCUT2D eigenvalue weighted by Gasteiger charge is -2.09. The number of amides is 1. The first-order valence-corrected chi connectivity index (χ1v) is 6.30. The quantitative estimate of drug-likeness (QED) is 0.538. The van der Waals surface area contributed by atoms with E-state index in [9.17, 15) is 9.59 Å². The van der Waals surface area contributed by atoms with Gasteiger partial charge in [0.15, 0.2) is 0 Å². The molecule has 100 valence electrons. The zero-order valence-electron chi connectivity index (χ0n) is 10.2. The molecule has 9 heteroatoms. The molecule has 0 aromatic carbocycles. The number of carbonyl (C=O) groups is 2. The number of thioether (sulfide) groups is 1. The van der Waals surface area contributed by atoms with Crippen LogP contribution in [0.4, 0.5) is 0 Å². The number of aromatic nitrogens is 4. The topological polar surface area (TPSA) is 101 Å². The van der Waals surface area contributed by atoms with Crippen molar-refractivity contribution in [1.82, 2.24) is 25.1 Å². The Labute approximate surface area is 108 Å². The fourth-order valence-electron chi connectivity index (χ4n) is 1.14. The Morgan fingerprint density at radius 1 is 1.44 bits per heavy atom. The molecule has 1 rings (SSSR count). The van der Waals surface area contributed by atoms with Crippen LogP contribution >= 0.6 is 11.8 Å². The van der Waals surface area contributed by atoms with Crippen molar-refractivity contribution in [2.45, 2.75) is 24.5 Å². The van der Waals surface area contributed by atoms with E-state index in [1.165, 1.54) is 16.4 Å². The fourth-order valence-corrected chi connectivity index (χ4v) is 1.95. The first-order valence-electron chi connectivity index (χ1n) is 5.31. The molecule has 0 saturated carbocycles. The predicted octanol–water partition coefficient (Wildman–Crippen LogP) is -0.282. The second-order valence-corrected chi connectivity index (χ2v) is 4.82. The monoisotopic (exact) mass is 273 g/mol. The van der Waals surface area contributed by atoms with Gasteiger partial charge in [0, 0.05) is 26.3 Å². The molecule has 1 N–H and O–H groups in total. The van der Waals surface area contributed by atoms with Crippen molar-refractivity contribution in [2.75, 3.05) is 19.8 Å². The number of nitrogens with zero attached hydrogens (tertiary/aromatic N) is 5. The second kappa shape index (κ2) is 6.94. The molecule has 0 fully saturated rings. The molecule has 0 atom stereocenters. The summed E-state index contributed by atoms with van der Waals surface area (Å²) in [5, 5.41) is 19.8. The van der Waals surface area contributed by atoms with Gasteiger partial charge in [-0.1, -0.05) is 11.8 Å². The van der Waals surface area contributed by atoms with Gasteiger partial charge in [-0.15, -0.1) is 5.10 Å². The summed E-state index contributed by atoms with van der Waals surface area (Å²) in [6.07, 6.45) is 1.15. The van der Waals surface area contributed by atoms with E-state index >= 15 is 0 Å². The number of hydrogen-bond donors (Lipinski definition) is 1. The Kier molecular flexibility index (Phi) is 5.56. The van der Waals surface area contributed by atoms with Gasteiger partial charge in [0.05, 0.1) is 0 Å². The van der Waals surface area contributed by atoms with Gasteiger partial charge in [-0.05, 0) is 16.8 Å². The summed E-state index contributed by atoms with van der Waals surface area (Å²) in [6.45, 7) is -0.258. The Bertz CT molecular complexity index is 420. The standard InChI is InChI=1S/C9H15N5O3S/c1-13(2)7(15)4-3-5-18-9-10-11-12-14(9)6-8(16)17/h3-6H2,1-2H3,(H,16,17). The third-order valence-electron chi connectivity index (χ3n) is 2.05. The minimum atomic E-state index is -0.994. The number of carboxylic acid groups (broad SMARTS) is 1. The number of rotatable bonds is 7. The third kappa shape index (κ3) is 4.70. The molecule has 8 nitrogen and oxygen atoms in total. The number of carboxylic acids is 1. The van der Waals surface area contributed by atoms with Crippen LogP contribution in [-0.2, 0) is 16.1 Å². The van der Waals surface area contributed by atoms with E-state index < -0.39 is 5.97 Å². The smallest absolute Gasteiger partial charge is 0.325 e. The number of hydrogen-bond acceptors (Lipinski definition) is 6. The third-order valence-corrected chi connectivity index (χ3v) is 3.09. The SMILES string of the molecule is CN(C)C(=O)CCCSc1nnnn1CC(=O)O. The molecule has 0 aliphatic heterocycles. The molecule has 1 heterocycles. The van der Waals surface area contributed by atoms with Crippen LogP contribution in [0, 0.1) is 0 Å². The summed E-state index contributed by atoms with van der Waals surface area (Å²) in [7, 11) is 3.42. The Hall–Kier alpha value is -1.64. The van der Waals surface area contributed by atoms with Crippen molar-refractivity contribution in [3.63, 3.8) is 0 Å². The van der Waals surface area contributed by atoms with E-state index in [1.807, 2.05) is 0 Å². The summed E-state index contributed by atoms with van der Waals surface area (Å²) in [4.78, 5) is 23.4. The summed E-state index contributed by atoms with van der Waals surface area (Å²) in [5.74, 6) is -0.257. The molecule has 0 aliphatic rings. The highest BCUT2D eigenvalue weighted by molar-refractivity contribution is 7.99. The zero-order chi connectivity index (χ0) is 13.5. The molecule has 0 bridgehead atoms. The maximum atomic E-state index is 11.3. The van der Waals surface area contributed by atoms with E-state index in [4.69, 9.17) is 5.11 Å². The van der Waals surface area contributed by atoms with Gasteiger partial charge in [-0.2, -0.15) is 0 Å². The lowest BCUT2D eigenvalue weighted by atomic mass is 10.3. The fraction of sp³-hybridized carbons (Fsp3) is 0.667. The molecule has 0 aliphatic carbocycles. The van der Waals surface area contributed by atoms with Crippen molar-refractivity contribution in [3.8, 4) is 0 Å². The first kappa shape index (κ1) is 14.4.